The fourth-order valence-electron chi connectivity index (χ4n) is 3.75. The van der Waals surface area contributed by atoms with Crippen LogP contribution in [0, 0.1) is 0 Å². The molecule has 7 heteroatoms. The maximum Gasteiger partial charge on any atom is 0.270 e. The second kappa shape index (κ2) is 8.13. The van der Waals surface area contributed by atoms with Gasteiger partial charge in [-0.3, -0.25) is 4.79 Å². The average molecular weight is 393 g/mol. The number of aliphatic hydroxyl groups is 1. The molecule has 2 aromatic heterocycles. The monoisotopic (exact) mass is 393 g/mol. The van der Waals surface area contributed by atoms with Crippen LogP contribution in [0.3, 0.4) is 0 Å². The van der Waals surface area contributed by atoms with Gasteiger partial charge in [0.15, 0.2) is 5.82 Å². The van der Waals surface area contributed by atoms with E-state index in [0.29, 0.717) is 24.8 Å². The Labute approximate surface area is 170 Å². The summed E-state index contributed by atoms with van der Waals surface area (Å²) in [5.41, 5.74) is 3.31. The lowest BCUT2D eigenvalue weighted by Gasteiger charge is -2.36. The van der Waals surface area contributed by atoms with Crippen molar-refractivity contribution >= 4 is 28.3 Å². The van der Waals surface area contributed by atoms with Crippen molar-refractivity contribution in [1.82, 2.24) is 14.9 Å². The molecule has 1 aliphatic heterocycles. The highest BCUT2D eigenvalue weighted by Gasteiger charge is 2.25. The van der Waals surface area contributed by atoms with Crippen LogP contribution in [0.25, 0.3) is 10.9 Å². The van der Waals surface area contributed by atoms with Gasteiger partial charge in [-0.15, -0.1) is 0 Å². The third kappa shape index (κ3) is 4.05. The predicted molar refractivity (Wildman–Crippen MR) is 115 cm³/mol. The van der Waals surface area contributed by atoms with E-state index >= 15 is 0 Å². The number of carbonyl (C=O) groups excluding carboxylic acids is 1. The number of nitrogens with zero attached hydrogens (tertiary/aromatic N) is 3. The molecule has 1 aromatic carbocycles. The molecule has 0 spiro atoms. The predicted octanol–water partition coefficient (Wildman–Crippen LogP) is 2.84. The maximum atomic E-state index is 13.0. The Kier molecular flexibility index (Phi) is 5.40. The van der Waals surface area contributed by atoms with E-state index in [1.54, 1.807) is 0 Å². The van der Waals surface area contributed by atoms with Crippen LogP contribution < -0.4 is 10.2 Å². The number of hydrogen-bond acceptors (Lipinski definition) is 5. The Bertz CT molecular complexity index is 1010. The highest BCUT2D eigenvalue weighted by Crippen LogP contribution is 2.25. The van der Waals surface area contributed by atoms with Gasteiger partial charge in [0.1, 0.15) is 5.69 Å². The number of carbonyl (C=O) groups is 1. The summed E-state index contributed by atoms with van der Waals surface area (Å²) < 4.78 is 0. The van der Waals surface area contributed by atoms with Crippen LogP contribution in [0.4, 0.5) is 11.5 Å². The third-order valence-corrected chi connectivity index (χ3v) is 5.20. The van der Waals surface area contributed by atoms with Crippen molar-refractivity contribution < 1.29 is 9.90 Å². The number of amides is 1. The van der Waals surface area contributed by atoms with Crippen molar-refractivity contribution in [3.63, 3.8) is 0 Å². The third-order valence-electron chi connectivity index (χ3n) is 5.20. The van der Waals surface area contributed by atoms with Crippen molar-refractivity contribution in [3.8, 4) is 0 Å². The van der Waals surface area contributed by atoms with Gasteiger partial charge in [-0.2, -0.15) is 0 Å². The van der Waals surface area contributed by atoms with Crippen molar-refractivity contribution in [2.75, 3.05) is 36.4 Å². The number of aliphatic hydroxyl groups excluding tert-OH is 1. The van der Waals surface area contributed by atoms with Gasteiger partial charge in [0.2, 0.25) is 0 Å². The molecule has 0 radical (unpaired) electrons. The lowest BCUT2D eigenvalue weighted by Crippen LogP contribution is -2.49. The molecule has 3 heterocycles. The van der Waals surface area contributed by atoms with Crippen LogP contribution in [0.15, 0.2) is 42.6 Å². The molecule has 0 bridgehead atoms. The number of nitrogens with one attached hydrogen (secondary N) is 2. The van der Waals surface area contributed by atoms with E-state index in [4.69, 9.17) is 0 Å². The Morgan fingerprint density at radius 2 is 2.00 bits per heavy atom. The van der Waals surface area contributed by atoms with Crippen molar-refractivity contribution in [2.24, 2.45) is 0 Å². The molecule has 1 saturated heterocycles. The standard InChI is InChI=1S/C22H27N5O2/c1-15(2)24-18-4-3-7-23-21(18)26-8-10-27(11-9-26)22(29)20-13-17-6-5-16(14-28)12-19(17)25-20/h3-7,12-13,15,24-25,28H,8-11,14H2,1-2H3. The molecule has 4 rings (SSSR count). The molecule has 1 aliphatic rings. The number of fused-ring (bicyclic) bond motifs is 1. The van der Waals surface area contributed by atoms with Crippen molar-refractivity contribution in [1.29, 1.82) is 0 Å². The molecule has 3 N–H and O–H groups in total. The largest absolute Gasteiger partial charge is 0.392 e. The normalized spacial score (nSPS) is 14.6. The topological polar surface area (TPSA) is 84.5 Å². The minimum atomic E-state index is -0.0125. The van der Waals surface area contributed by atoms with E-state index in [2.05, 4.69) is 34.0 Å². The molecule has 152 valence electrons. The number of aromatic amines is 1. The number of anilines is 2. The summed E-state index contributed by atoms with van der Waals surface area (Å²) in [5.74, 6) is 0.948. The first-order valence-corrected chi connectivity index (χ1v) is 10.0. The number of benzene rings is 1. The Balaban J connectivity index is 1.45. The lowest BCUT2D eigenvalue weighted by atomic mass is 10.2. The first-order valence-electron chi connectivity index (χ1n) is 10.0. The molecular weight excluding hydrogens is 366 g/mol. The van der Waals surface area contributed by atoms with Gasteiger partial charge in [0.25, 0.3) is 5.91 Å². The number of rotatable bonds is 5. The summed E-state index contributed by atoms with van der Waals surface area (Å²) in [7, 11) is 0. The number of hydrogen-bond donors (Lipinski definition) is 3. The molecule has 1 fully saturated rings. The van der Waals surface area contributed by atoms with Gasteiger partial charge < -0.3 is 25.2 Å². The van der Waals surface area contributed by atoms with Crippen molar-refractivity contribution in [3.05, 3.63) is 53.9 Å². The minimum absolute atomic E-state index is 0.00736. The average Bonchev–Trinajstić information content (AvgIpc) is 3.16. The number of aromatic nitrogens is 2. The summed E-state index contributed by atoms with van der Waals surface area (Å²) in [6.45, 7) is 6.98. The van der Waals surface area contributed by atoms with E-state index in [0.717, 1.165) is 41.1 Å². The minimum Gasteiger partial charge on any atom is -0.392 e. The van der Waals surface area contributed by atoms with Gasteiger partial charge in [-0.1, -0.05) is 12.1 Å². The maximum absolute atomic E-state index is 13.0. The Morgan fingerprint density at radius 1 is 1.21 bits per heavy atom. The molecule has 0 aliphatic carbocycles. The zero-order chi connectivity index (χ0) is 20.4. The molecule has 3 aromatic rings. The smallest absolute Gasteiger partial charge is 0.270 e. The first kappa shape index (κ1) is 19.3. The quantitative estimate of drug-likeness (QED) is 0.621. The second-order valence-electron chi connectivity index (χ2n) is 7.72. The lowest BCUT2D eigenvalue weighted by molar-refractivity contribution is 0.0741. The Hall–Kier alpha value is -3.06. The van der Waals surface area contributed by atoms with Gasteiger partial charge in [-0.25, -0.2) is 4.98 Å². The van der Waals surface area contributed by atoms with Gasteiger partial charge >= 0.3 is 0 Å². The summed E-state index contributed by atoms with van der Waals surface area (Å²) in [6, 6.07) is 11.9. The summed E-state index contributed by atoms with van der Waals surface area (Å²) in [4.78, 5) is 24.9. The first-order chi connectivity index (χ1) is 14.0. The van der Waals surface area contributed by atoms with Crippen LogP contribution >= 0.6 is 0 Å². The zero-order valence-corrected chi connectivity index (χ0v) is 16.9. The molecule has 0 unspecified atom stereocenters. The van der Waals surface area contributed by atoms with E-state index in [9.17, 15) is 9.90 Å². The SMILES string of the molecule is CC(C)Nc1cccnc1N1CCN(C(=O)c2cc3ccc(CO)cc3[nH]2)CC1. The van der Waals surface area contributed by atoms with E-state index in [-0.39, 0.29) is 12.5 Å². The molecule has 0 saturated carbocycles. The number of piperazine rings is 1. The fourth-order valence-corrected chi connectivity index (χ4v) is 3.75. The summed E-state index contributed by atoms with van der Waals surface area (Å²) in [6.07, 6.45) is 1.81. The molecule has 1 amide bonds. The van der Waals surface area contributed by atoms with Crippen LogP contribution in [-0.2, 0) is 6.61 Å². The van der Waals surface area contributed by atoms with Gasteiger partial charge in [-0.05, 0) is 43.7 Å². The van der Waals surface area contributed by atoms with Crippen molar-refractivity contribution in [2.45, 2.75) is 26.5 Å². The second-order valence-corrected chi connectivity index (χ2v) is 7.72. The molecule has 7 nitrogen and oxygen atoms in total. The van der Waals surface area contributed by atoms with Crippen LogP contribution in [-0.4, -0.2) is 58.1 Å². The number of H-pyrrole nitrogens is 1. The molecule has 0 atom stereocenters. The van der Waals surface area contributed by atoms with Crippen LogP contribution in [0.5, 0.6) is 0 Å². The van der Waals surface area contributed by atoms with E-state index in [1.807, 2.05) is 47.5 Å². The zero-order valence-electron chi connectivity index (χ0n) is 16.9. The molecule has 29 heavy (non-hydrogen) atoms. The number of pyridine rings is 1. The Morgan fingerprint density at radius 3 is 2.72 bits per heavy atom. The highest BCUT2D eigenvalue weighted by atomic mass is 16.3. The molecular formula is C22H27N5O2. The van der Waals surface area contributed by atoms with Crippen LogP contribution in [0.2, 0.25) is 0 Å². The summed E-state index contributed by atoms with van der Waals surface area (Å²) >= 11 is 0. The van der Waals surface area contributed by atoms with E-state index < -0.39 is 0 Å². The van der Waals surface area contributed by atoms with Gasteiger partial charge in [0, 0.05) is 49.3 Å². The van der Waals surface area contributed by atoms with Gasteiger partial charge in [0.05, 0.1) is 12.3 Å². The fraction of sp³-hybridized carbons (Fsp3) is 0.364. The van der Waals surface area contributed by atoms with Crippen LogP contribution in [0.1, 0.15) is 29.9 Å². The van der Waals surface area contributed by atoms with E-state index in [1.165, 1.54) is 0 Å². The summed E-state index contributed by atoms with van der Waals surface area (Å²) in [5, 5.41) is 13.7. The highest BCUT2D eigenvalue weighted by molar-refractivity contribution is 5.98.